The van der Waals surface area contributed by atoms with Crippen LogP contribution < -0.4 is 0 Å². The van der Waals surface area contributed by atoms with Crippen molar-refractivity contribution in [1.29, 1.82) is 5.26 Å². The highest BCUT2D eigenvalue weighted by Crippen LogP contribution is 2.44. The van der Waals surface area contributed by atoms with Gasteiger partial charge in [-0.2, -0.15) is 5.26 Å². The zero-order chi connectivity index (χ0) is 19.4. The number of hydrogen-bond acceptors (Lipinski definition) is 1. The van der Waals surface area contributed by atoms with Crippen molar-refractivity contribution in [2.45, 2.75) is 136 Å². The predicted octanol–water partition coefficient (Wildman–Crippen LogP) is 8.82. The lowest BCUT2D eigenvalue weighted by Gasteiger charge is -2.36. The molecule has 27 heavy (non-hydrogen) atoms. The normalized spacial score (nSPS) is 31.5. The lowest BCUT2D eigenvalue weighted by Crippen LogP contribution is -2.26. The summed E-state index contributed by atoms with van der Waals surface area (Å²) in [7, 11) is 0. The first-order chi connectivity index (χ1) is 13.2. The average Bonchev–Trinajstić information content (AvgIpc) is 2.72. The quantitative estimate of drug-likeness (QED) is 0.313. The summed E-state index contributed by atoms with van der Waals surface area (Å²) in [5, 5.41) is 9.80. The van der Waals surface area contributed by atoms with E-state index >= 15 is 0 Å². The fourth-order valence-electron chi connectivity index (χ4n) is 5.78. The van der Waals surface area contributed by atoms with Crippen LogP contribution in [0.25, 0.3) is 0 Å². The minimum absolute atomic E-state index is 0.0417. The van der Waals surface area contributed by atoms with Crippen molar-refractivity contribution in [3.8, 4) is 6.07 Å². The third kappa shape index (κ3) is 8.17. The minimum Gasteiger partial charge on any atom is -0.198 e. The first-order valence-electron chi connectivity index (χ1n) is 12.6. The summed E-state index contributed by atoms with van der Waals surface area (Å²) in [6.07, 6.45) is 26.1. The van der Waals surface area contributed by atoms with Crippen molar-refractivity contribution in [2.75, 3.05) is 0 Å². The van der Waals surface area contributed by atoms with E-state index in [0.29, 0.717) is 0 Å². The molecule has 0 amide bonds. The number of hydrogen-bond donors (Lipinski definition) is 0. The maximum absolute atomic E-state index is 9.80. The topological polar surface area (TPSA) is 23.8 Å². The van der Waals surface area contributed by atoms with Gasteiger partial charge in [0.1, 0.15) is 0 Å². The van der Waals surface area contributed by atoms with Crippen molar-refractivity contribution in [1.82, 2.24) is 0 Å². The van der Waals surface area contributed by atoms with E-state index < -0.39 is 0 Å². The Morgan fingerprint density at radius 1 is 0.667 bits per heavy atom. The Kier molecular flexibility index (Phi) is 10.8. The van der Waals surface area contributed by atoms with Crippen LogP contribution in [0.3, 0.4) is 0 Å². The van der Waals surface area contributed by atoms with Crippen molar-refractivity contribution >= 4 is 0 Å². The van der Waals surface area contributed by atoms with Crippen LogP contribution in [0.2, 0.25) is 0 Å². The van der Waals surface area contributed by atoms with Gasteiger partial charge in [0.25, 0.3) is 0 Å². The fourth-order valence-corrected chi connectivity index (χ4v) is 5.78. The highest BCUT2D eigenvalue weighted by molar-refractivity contribution is 5.01. The molecule has 2 fully saturated rings. The lowest BCUT2D eigenvalue weighted by atomic mass is 9.67. The summed E-state index contributed by atoms with van der Waals surface area (Å²) in [4.78, 5) is 0. The van der Waals surface area contributed by atoms with Gasteiger partial charge in [-0.1, -0.05) is 104 Å². The SMILES string of the molecule is CCCCCCC[C@]1(C#N)CC[C@H](CC[C@H]2CC[C@H](CCCC)CC2)CC1. The van der Waals surface area contributed by atoms with Gasteiger partial charge in [0.2, 0.25) is 0 Å². The molecule has 0 atom stereocenters. The monoisotopic (exact) mass is 373 g/mol. The van der Waals surface area contributed by atoms with Gasteiger partial charge < -0.3 is 0 Å². The Bertz CT molecular complexity index is 404. The van der Waals surface area contributed by atoms with Crippen LogP contribution in [0.4, 0.5) is 0 Å². The van der Waals surface area contributed by atoms with Gasteiger partial charge in [0.05, 0.1) is 11.5 Å². The highest BCUT2D eigenvalue weighted by atomic mass is 14.4. The molecule has 0 aromatic carbocycles. The average molecular weight is 374 g/mol. The van der Waals surface area contributed by atoms with E-state index in [4.69, 9.17) is 0 Å². The third-order valence-corrected chi connectivity index (χ3v) is 7.97. The Morgan fingerprint density at radius 2 is 1.19 bits per heavy atom. The van der Waals surface area contributed by atoms with E-state index in [0.717, 1.165) is 17.8 Å². The molecule has 0 radical (unpaired) electrons. The molecule has 0 aromatic rings. The molecule has 0 saturated heterocycles. The second kappa shape index (κ2) is 12.9. The Balaban J connectivity index is 1.59. The van der Waals surface area contributed by atoms with E-state index in [1.165, 1.54) is 122 Å². The molecule has 0 aliphatic heterocycles. The highest BCUT2D eigenvalue weighted by Gasteiger charge is 2.35. The second-order valence-electron chi connectivity index (χ2n) is 10.1. The summed E-state index contributed by atoms with van der Waals surface area (Å²) >= 11 is 0. The molecular formula is C26H47N. The first-order valence-corrected chi connectivity index (χ1v) is 12.6. The van der Waals surface area contributed by atoms with Crippen LogP contribution in [-0.2, 0) is 0 Å². The maximum Gasteiger partial charge on any atom is 0.0689 e. The fraction of sp³-hybridized carbons (Fsp3) is 0.962. The number of nitriles is 1. The van der Waals surface area contributed by atoms with Gasteiger partial charge in [-0.15, -0.1) is 0 Å². The van der Waals surface area contributed by atoms with Crippen LogP contribution in [0.1, 0.15) is 136 Å². The number of rotatable bonds is 12. The van der Waals surface area contributed by atoms with Crippen molar-refractivity contribution in [3.05, 3.63) is 0 Å². The molecule has 2 aliphatic carbocycles. The van der Waals surface area contributed by atoms with Crippen LogP contribution in [0.15, 0.2) is 0 Å². The van der Waals surface area contributed by atoms with Gasteiger partial charge in [-0.3, -0.25) is 0 Å². The molecule has 2 saturated carbocycles. The molecule has 0 spiro atoms. The summed E-state index contributed by atoms with van der Waals surface area (Å²) in [6.45, 7) is 4.60. The van der Waals surface area contributed by atoms with Crippen LogP contribution in [0.5, 0.6) is 0 Å². The van der Waals surface area contributed by atoms with Gasteiger partial charge >= 0.3 is 0 Å². The van der Waals surface area contributed by atoms with Crippen molar-refractivity contribution in [3.63, 3.8) is 0 Å². The van der Waals surface area contributed by atoms with E-state index in [-0.39, 0.29) is 5.41 Å². The van der Waals surface area contributed by atoms with Crippen LogP contribution >= 0.6 is 0 Å². The van der Waals surface area contributed by atoms with Crippen molar-refractivity contribution < 1.29 is 0 Å². The zero-order valence-corrected chi connectivity index (χ0v) is 18.6. The third-order valence-electron chi connectivity index (χ3n) is 7.97. The number of nitrogens with zero attached hydrogens (tertiary/aromatic N) is 1. The Labute approximate surface area is 170 Å². The largest absolute Gasteiger partial charge is 0.198 e. The summed E-state index contributed by atoms with van der Waals surface area (Å²) in [5.74, 6) is 2.98. The summed E-state index contributed by atoms with van der Waals surface area (Å²) in [5.41, 5.74) is 0.0417. The molecule has 2 rings (SSSR count). The minimum atomic E-state index is 0.0417. The summed E-state index contributed by atoms with van der Waals surface area (Å²) in [6, 6.07) is 2.76. The molecule has 2 aliphatic rings. The molecule has 156 valence electrons. The first kappa shape index (κ1) is 22.8. The number of unbranched alkanes of at least 4 members (excludes halogenated alkanes) is 5. The van der Waals surface area contributed by atoms with Crippen LogP contribution in [-0.4, -0.2) is 0 Å². The molecule has 0 heterocycles. The van der Waals surface area contributed by atoms with Crippen LogP contribution in [0, 0.1) is 34.5 Å². The van der Waals surface area contributed by atoms with E-state index in [2.05, 4.69) is 19.9 Å². The molecule has 0 bridgehead atoms. The molecule has 0 N–H and O–H groups in total. The van der Waals surface area contributed by atoms with Gasteiger partial charge in [-0.25, -0.2) is 0 Å². The van der Waals surface area contributed by atoms with Gasteiger partial charge in [0, 0.05) is 0 Å². The molecule has 0 unspecified atom stereocenters. The van der Waals surface area contributed by atoms with Gasteiger partial charge in [0.15, 0.2) is 0 Å². The second-order valence-corrected chi connectivity index (χ2v) is 10.1. The molecule has 1 heteroatoms. The standard InChI is InChI=1S/C26H47N/c1-3-5-7-8-9-19-26(22-27)20-17-25(18-21-26)16-15-24-13-11-23(12-14-24)10-6-4-2/h23-25H,3-21H2,1-2H3/t23-,24-,25-,26-. The summed E-state index contributed by atoms with van der Waals surface area (Å²) < 4.78 is 0. The lowest BCUT2D eigenvalue weighted by molar-refractivity contribution is 0.170. The van der Waals surface area contributed by atoms with Crippen molar-refractivity contribution in [2.24, 2.45) is 23.2 Å². The van der Waals surface area contributed by atoms with E-state index in [9.17, 15) is 5.26 Å². The molecule has 1 nitrogen and oxygen atoms in total. The van der Waals surface area contributed by atoms with E-state index in [1.807, 2.05) is 0 Å². The smallest absolute Gasteiger partial charge is 0.0689 e. The maximum atomic E-state index is 9.80. The van der Waals surface area contributed by atoms with Gasteiger partial charge in [-0.05, 0) is 49.9 Å². The van der Waals surface area contributed by atoms with E-state index in [1.54, 1.807) is 0 Å². The molecule has 0 aromatic heterocycles. The Hall–Kier alpha value is -0.510. The Morgan fingerprint density at radius 3 is 1.74 bits per heavy atom. The predicted molar refractivity (Wildman–Crippen MR) is 118 cm³/mol. The zero-order valence-electron chi connectivity index (χ0n) is 18.6. The molecular weight excluding hydrogens is 326 g/mol.